The molecule has 1 aliphatic rings. The number of nitrogens with one attached hydrogen (secondary N) is 1. The zero-order valence-electron chi connectivity index (χ0n) is 20.4. The van der Waals surface area contributed by atoms with Gasteiger partial charge in [-0.2, -0.15) is 0 Å². The van der Waals surface area contributed by atoms with Crippen LogP contribution in [0.5, 0.6) is 0 Å². The summed E-state index contributed by atoms with van der Waals surface area (Å²) in [5.74, 6) is -0.692. The van der Waals surface area contributed by atoms with Gasteiger partial charge in [-0.25, -0.2) is 0 Å². The van der Waals surface area contributed by atoms with Crippen LogP contribution in [0, 0.1) is 0 Å². The van der Waals surface area contributed by atoms with Gasteiger partial charge in [0.05, 0.1) is 10.0 Å². The van der Waals surface area contributed by atoms with E-state index >= 15 is 0 Å². The normalized spacial score (nSPS) is 17.3. The van der Waals surface area contributed by atoms with Crippen LogP contribution in [0.15, 0.2) is 66.7 Å². The van der Waals surface area contributed by atoms with E-state index in [1.165, 1.54) is 6.92 Å². The van der Waals surface area contributed by atoms with Gasteiger partial charge >= 0.3 is 0 Å². The van der Waals surface area contributed by atoms with E-state index in [4.69, 9.17) is 34.8 Å². The molecule has 1 aliphatic heterocycles. The minimum Gasteiger partial charge on any atom is -0.338 e. The first-order valence-corrected chi connectivity index (χ1v) is 12.9. The quantitative estimate of drug-likeness (QED) is 0.395. The van der Waals surface area contributed by atoms with Crippen LogP contribution in [-0.2, 0) is 4.79 Å². The lowest BCUT2D eigenvalue weighted by Crippen LogP contribution is -2.51. The molecular formula is C28H26Cl3N3O3. The average Bonchev–Trinajstić information content (AvgIpc) is 2.89. The molecule has 9 heteroatoms. The van der Waals surface area contributed by atoms with Crippen LogP contribution in [0.25, 0.3) is 0 Å². The number of likely N-dealkylation sites (N-methyl/N-ethyl adjacent to an activating group) is 1. The molecule has 0 radical (unpaired) electrons. The summed E-state index contributed by atoms with van der Waals surface area (Å²) in [5.41, 5.74) is 2.46. The van der Waals surface area contributed by atoms with E-state index < -0.39 is 0 Å². The van der Waals surface area contributed by atoms with Crippen LogP contribution >= 0.6 is 34.8 Å². The number of amides is 3. The summed E-state index contributed by atoms with van der Waals surface area (Å²) >= 11 is 18.5. The maximum absolute atomic E-state index is 13.5. The van der Waals surface area contributed by atoms with Crippen molar-refractivity contribution in [2.45, 2.75) is 25.3 Å². The second-order valence-corrected chi connectivity index (χ2v) is 10.3. The number of carbonyl (C=O) groups excluding carboxylic acids is 3. The molecule has 0 aromatic heterocycles. The van der Waals surface area contributed by atoms with Gasteiger partial charge in [0.25, 0.3) is 11.8 Å². The van der Waals surface area contributed by atoms with Gasteiger partial charge in [-0.1, -0.05) is 46.9 Å². The Bertz CT molecular complexity index is 1330. The van der Waals surface area contributed by atoms with Crippen molar-refractivity contribution < 1.29 is 14.4 Å². The van der Waals surface area contributed by atoms with Crippen molar-refractivity contribution >= 4 is 58.2 Å². The molecule has 2 unspecified atom stereocenters. The van der Waals surface area contributed by atoms with Crippen molar-refractivity contribution in [2.75, 3.05) is 25.5 Å². The number of likely N-dealkylation sites (tertiary alicyclic amines) is 1. The predicted molar refractivity (Wildman–Crippen MR) is 148 cm³/mol. The highest BCUT2D eigenvalue weighted by Crippen LogP contribution is 2.35. The van der Waals surface area contributed by atoms with Crippen molar-refractivity contribution in [3.8, 4) is 0 Å². The molecule has 1 N–H and O–H groups in total. The first-order chi connectivity index (χ1) is 17.6. The van der Waals surface area contributed by atoms with Gasteiger partial charge in [-0.15, -0.1) is 0 Å². The van der Waals surface area contributed by atoms with E-state index in [-0.39, 0.29) is 29.7 Å². The first-order valence-electron chi connectivity index (χ1n) is 11.8. The van der Waals surface area contributed by atoms with E-state index in [2.05, 4.69) is 5.32 Å². The summed E-state index contributed by atoms with van der Waals surface area (Å²) < 4.78 is 0. The highest BCUT2D eigenvalue weighted by atomic mass is 35.5. The zero-order chi connectivity index (χ0) is 26.7. The molecule has 2 atom stereocenters. The first kappa shape index (κ1) is 27.0. The molecule has 192 valence electrons. The molecule has 3 amide bonds. The molecule has 3 aromatic rings. The van der Waals surface area contributed by atoms with E-state index in [0.717, 1.165) is 5.56 Å². The number of anilines is 1. The number of hydrogen-bond donors (Lipinski definition) is 1. The van der Waals surface area contributed by atoms with E-state index in [1.807, 2.05) is 6.07 Å². The highest BCUT2D eigenvalue weighted by molar-refractivity contribution is 6.42. The van der Waals surface area contributed by atoms with Gasteiger partial charge in [0, 0.05) is 60.9 Å². The van der Waals surface area contributed by atoms with E-state index in [1.54, 1.807) is 77.5 Å². The average molecular weight is 559 g/mol. The molecule has 1 heterocycles. The van der Waals surface area contributed by atoms with Crippen LogP contribution in [0.4, 0.5) is 5.69 Å². The van der Waals surface area contributed by atoms with Gasteiger partial charge < -0.3 is 15.1 Å². The molecular weight excluding hydrogens is 533 g/mol. The summed E-state index contributed by atoms with van der Waals surface area (Å²) in [5, 5.41) is 4.12. The maximum Gasteiger partial charge on any atom is 0.253 e. The largest absolute Gasteiger partial charge is 0.338 e. The summed E-state index contributed by atoms with van der Waals surface area (Å²) in [4.78, 5) is 41.8. The highest BCUT2D eigenvalue weighted by Gasteiger charge is 2.37. The Morgan fingerprint density at radius 2 is 1.65 bits per heavy atom. The number of benzene rings is 3. The summed E-state index contributed by atoms with van der Waals surface area (Å²) in [6.45, 7) is 2.26. The second-order valence-electron chi connectivity index (χ2n) is 9.07. The monoisotopic (exact) mass is 557 g/mol. The third kappa shape index (κ3) is 6.27. The summed E-state index contributed by atoms with van der Waals surface area (Å²) in [6, 6.07) is 18.9. The smallest absolute Gasteiger partial charge is 0.253 e. The fourth-order valence-electron chi connectivity index (χ4n) is 4.72. The lowest BCUT2D eigenvalue weighted by molar-refractivity contribution is -0.114. The third-order valence-corrected chi connectivity index (χ3v) is 7.57. The number of nitrogens with zero attached hydrogens (tertiary/aromatic N) is 2. The Balaban J connectivity index is 1.62. The zero-order valence-corrected chi connectivity index (χ0v) is 22.6. The Hall–Kier alpha value is -3.06. The van der Waals surface area contributed by atoms with Crippen LogP contribution in [0.2, 0.25) is 15.1 Å². The molecule has 0 aliphatic carbocycles. The van der Waals surface area contributed by atoms with Crippen LogP contribution in [-0.4, -0.2) is 53.7 Å². The van der Waals surface area contributed by atoms with Crippen LogP contribution in [0.1, 0.15) is 45.5 Å². The van der Waals surface area contributed by atoms with Crippen LogP contribution in [0.3, 0.4) is 0 Å². The summed E-state index contributed by atoms with van der Waals surface area (Å²) in [7, 11) is 1.78. The van der Waals surface area contributed by atoms with Crippen molar-refractivity contribution in [1.29, 1.82) is 0 Å². The van der Waals surface area contributed by atoms with Crippen LogP contribution < -0.4 is 5.32 Å². The number of rotatable bonds is 5. The lowest BCUT2D eigenvalue weighted by atomic mass is 9.84. The van der Waals surface area contributed by atoms with Gasteiger partial charge in [0.2, 0.25) is 5.91 Å². The van der Waals surface area contributed by atoms with Crippen molar-refractivity contribution in [3.63, 3.8) is 0 Å². The molecule has 0 saturated carbocycles. The van der Waals surface area contributed by atoms with E-state index in [9.17, 15) is 14.4 Å². The molecule has 1 saturated heterocycles. The van der Waals surface area contributed by atoms with E-state index in [0.29, 0.717) is 51.4 Å². The molecule has 3 aromatic carbocycles. The second kappa shape index (κ2) is 11.5. The Labute approximate surface area is 231 Å². The number of piperidine rings is 1. The topological polar surface area (TPSA) is 69.7 Å². The Morgan fingerprint density at radius 1 is 0.919 bits per heavy atom. The lowest BCUT2D eigenvalue weighted by Gasteiger charge is -2.43. The maximum atomic E-state index is 13.5. The fourth-order valence-corrected chi connectivity index (χ4v) is 5.15. The SMILES string of the molecule is CC(=O)Nc1cccc(C(=O)N2CCC(N(C)C(=O)c3ccc(Cl)cc3)C(c3ccc(Cl)c(Cl)c3)C2)c1. The Kier molecular flexibility index (Phi) is 8.42. The molecule has 0 spiro atoms. The fraction of sp³-hybridized carbons (Fsp3) is 0.250. The number of hydrogen-bond acceptors (Lipinski definition) is 3. The van der Waals surface area contributed by atoms with Gasteiger partial charge in [-0.05, 0) is 66.6 Å². The molecule has 1 fully saturated rings. The minimum absolute atomic E-state index is 0.130. The molecule has 0 bridgehead atoms. The predicted octanol–water partition coefficient (Wildman–Crippen LogP) is 6.38. The number of carbonyl (C=O) groups is 3. The molecule has 6 nitrogen and oxygen atoms in total. The standard InChI is InChI=1S/C28H26Cl3N3O3/c1-17(35)32-22-5-3-4-20(14-22)28(37)34-13-12-26(23(16-34)19-8-11-24(30)25(31)15-19)33(2)27(36)18-6-9-21(29)10-7-18/h3-11,14-15,23,26H,12-13,16H2,1-2H3,(H,32,35). The van der Waals surface area contributed by atoms with Crippen molar-refractivity contribution in [3.05, 3.63) is 98.5 Å². The van der Waals surface area contributed by atoms with Gasteiger partial charge in [0.1, 0.15) is 0 Å². The van der Waals surface area contributed by atoms with Crippen molar-refractivity contribution in [1.82, 2.24) is 9.80 Å². The molecule has 4 rings (SSSR count). The van der Waals surface area contributed by atoms with Gasteiger partial charge in [-0.3, -0.25) is 14.4 Å². The minimum atomic E-state index is -0.210. The molecule has 37 heavy (non-hydrogen) atoms. The van der Waals surface area contributed by atoms with Crippen molar-refractivity contribution in [2.24, 2.45) is 0 Å². The number of halogens is 3. The Morgan fingerprint density at radius 3 is 2.32 bits per heavy atom. The van der Waals surface area contributed by atoms with Gasteiger partial charge in [0.15, 0.2) is 0 Å². The third-order valence-electron chi connectivity index (χ3n) is 6.57. The summed E-state index contributed by atoms with van der Waals surface area (Å²) in [6.07, 6.45) is 0.567.